The van der Waals surface area contributed by atoms with Crippen LogP contribution in [0.1, 0.15) is 39.0 Å². The number of nitrogens with zero attached hydrogens (tertiary/aromatic N) is 3. The van der Waals surface area contributed by atoms with Crippen LogP contribution in [-0.2, 0) is 4.79 Å². The minimum atomic E-state index is -0.335. The van der Waals surface area contributed by atoms with Crippen molar-refractivity contribution in [2.75, 3.05) is 31.6 Å². The molecule has 1 aromatic rings. The molecule has 0 bridgehead atoms. The van der Waals surface area contributed by atoms with E-state index in [9.17, 15) is 4.79 Å². The van der Waals surface area contributed by atoms with Gasteiger partial charge in [-0.05, 0) is 43.7 Å². The number of piperidine rings is 1. The summed E-state index contributed by atoms with van der Waals surface area (Å²) in [6, 6.07) is 3.81. The van der Waals surface area contributed by atoms with Crippen LogP contribution in [0.4, 0.5) is 5.69 Å². The van der Waals surface area contributed by atoms with Crippen molar-refractivity contribution in [3.8, 4) is 0 Å². The van der Waals surface area contributed by atoms with Gasteiger partial charge in [-0.2, -0.15) is 0 Å². The van der Waals surface area contributed by atoms with Crippen molar-refractivity contribution in [2.45, 2.75) is 45.1 Å². The molecular weight excluding hydrogens is 324 g/mol. The van der Waals surface area contributed by atoms with Gasteiger partial charge in [0.15, 0.2) is 0 Å². The molecule has 1 aromatic heterocycles. The van der Waals surface area contributed by atoms with E-state index in [0.717, 1.165) is 38.9 Å². The highest BCUT2D eigenvalue weighted by molar-refractivity contribution is 5.85. The van der Waals surface area contributed by atoms with Gasteiger partial charge in [0.1, 0.15) is 0 Å². The first-order chi connectivity index (χ1) is 11.1. The highest BCUT2D eigenvalue weighted by atomic mass is 35.5. The summed E-state index contributed by atoms with van der Waals surface area (Å²) >= 11 is 0. The van der Waals surface area contributed by atoms with Crippen LogP contribution in [0.5, 0.6) is 0 Å². The Morgan fingerprint density at radius 3 is 2.58 bits per heavy atom. The van der Waals surface area contributed by atoms with Gasteiger partial charge in [0.05, 0.1) is 6.04 Å². The number of anilines is 1. The Morgan fingerprint density at radius 2 is 2.00 bits per heavy atom. The lowest BCUT2D eigenvalue weighted by Crippen LogP contribution is -2.42. The van der Waals surface area contributed by atoms with Crippen molar-refractivity contribution >= 4 is 24.0 Å². The summed E-state index contributed by atoms with van der Waals surface area (Å²) in [7, 11) is 1.88. The van der Waals surface area contributed by atoms with Crippen molar-refractivity contribution in [1.29, 1.82) is 0 Å². The summed E-state index contributed by atoms with van der Waals surface area (Å²) in [5.41, 5.74) is 7.18. The number of pyridine rings is 1. The molecule has 24 heavy (non-hydrogen) atoms. The van der Waals surface area contributed by atoms with Crippen LogP contribution in [0, 0.1) is 5.92 Å². The van der Waals surface area contributed by atoms with Gasteiger partial charge in [-0.15, -0.1) is 12.4 Å². The summed E-state index contributed by atoms with van der Waals surface area (Å²) in [6.07, 6.45) is 8.87. The second-order valence-electron chi connectivity index (χ2n) is 6.58. The fourth-order valence-corrected chi connectivity index (χ4v) is 3.24. The Balaban J connectivity index is 0.00000288. The summed E-state index contributed by atoms with van der Waals surface area (Å²) in [5.74, 6) is 0.784. The first kappa shape index (κ1) is 20.7. The van der Waals surface area contributed by atoms with Gasteiger partial charge in [0.2, 0.25) is 5.91 Å². The molecule has 2 rings (SSSR count). The first-order valence-corrected chi connectivity index (χ1v) is 8.77. The Kier molecular flexibility index (Phi) is 9.08. The maximum absolute atomic E-state index is 12.1. The number of halogens is 1. The lowest BCUT2D eigenvalue weighted by molar-refractivity contribution is -0.131. The zero-order chi connectivity index (χ0) is 16.7. The van der Waals surface area contributed by atoms with Crippen LogP contribution < -0.4 is 10.6 Å². The van der Waals surface area contributed by atoms with E-state index in [2.05, 4.69) is 28.9 Å². The molecular formula is C18H31ClN4O. The van der Waals surface area contributed by atoms with Crippen molar-refractivity contribution in [2.24, 2.45) is 11.7 Å². The van der Waals surface area contributed by atoms with E-state index in [1.165, 1.54) is 18.5 Å². The number of amides is 1. The Bertz CT molecular complexity index is 477. The van der Waals surface area contributed by atoms with Crippen LogP contribution in [0.3, 0.4) is 0 Å². The third-order valence-electron chi connectivity index (χ3n) is 4.81. The molecule has 136 valence electrons. The molecule has 0 aromatic carbocycles. The summed E-state index contributed by atoms with van der Waals surface area (Å²) < 4.78 is 0. The van der Waals surface area contributed by atoms with Gasteiger partial charge in [-0.3, -0.25) is 9.78 Å². The van der Waals surface area contributed by atoms with E-state index in [-0.39, 0.29) is 24.4 Å². The SMILES string of the molecule is CCCC(N)C(=O)N(C)CCC1CCN(c2ccncc2)CC1.Cl. The molecule has 1 fully saturated rings. The third kappa shape index (κ3) is 5.95. The lowest BCUT2D eigenvalue weighted by atomic mass is 9.93. The molecule has 1 atom stereocenters. The number of carbonyl (C=O) groups excluding carboxylic acids is 1. The molecule has 1 aliphatic rings. The van der Waals surface area contributed by atoms with Crippen molar-refractivity contribution in [1.82, 2.24) is 9.88 Å². The minimum Gasteiger partial charge on any atom is -0.371 e. The number of hydrogen-bond acceptors (Lipinski definition) is 4. The van der Waals surface area contributed by atoms with Gasteiger partial charge in [0.25, 0.3) is 0 Å². The Labute approximate surface area is 152 Å². The number of rotatable bonds is 7. The average Bonchev–Trinajstić information content (AvgIpc) is 2.60. The van der Waals surface area contributed by atoms with Gasteiger partial charge in [-0.1, -0.05) is 13.3 Å². The predicted molar refractivity (Wildman–Crippen MR) is 102 cm³/mol. The molecule has 1 unspecified atom stereocenters. The van der Waals surface area contributed by atoms with Crippen LogP contribution >= 0.6 is 12.4 Å². The van der Waals surface area contributed by atoms with E-state index in [4.69, 9.17) is 5.73 Å². The highest BCUT2D eigenvalue weighted by Crippen LogP contribution is 2.24. The standard InChI is InChI=1S/C18H30N4O.ClH/c1-3-4-17(19)18(23)21(2)12-7-15-8-13-22(14-9-15)16-5-10-20-11-6-16;/h5-6,10-11,15,17H,3-4,7-9,12-14,19H2,1-2H3;1H. The topological polar surface area (TPSA) is 62.5 Å². The quantitative estimate of drug-likeness (QED) is 0.817. The Morgan fingerprint density at radius 1 is 1.38 bits per heavy atom. The Hall–Kier alpha value is -1.33. The third-order valence-corrected chi connectivity index (χ3v) is 4.81. The van der Waals surface area contributed by atoms with Crippen LogP contribution in [0.15, 0.2) is 24.5 Å². The largest absolute Gasteiger partial charge is 0.371 e. The lowest BCUT2D eigenvalue weighted by Gasteiger charge is -2.34. The summed E-state index contributed by atoms with van der Waals surface area (Å²) in [6.45, 7) is 5.04. The van der Waals surface area contributed by atoms with Gasteiger partial charge in [0, 0.05) is 44.8 Å². The fraction of sp³-hybridized carbons (Fsp3) is 0.667. The molecule has 0 saturated carbocycles. The van der Waals surface area contributed by atoms with E-state index in [0.29, 0.717) is 5.92 Å². The molecule has 1 saturated heterocycles. The molecule has 0 spiro atoms. The van der Waals surface area contributed by atoms with Gasteiger partial charge in [-0.25, -0.2) is 0 Å². The normalized spacial score (nSPS) is 16.4. The minimum absolute atomic E-state index is 0. The molecule has 2 N–H and O–H groups in total. The van der Waals surface area contributed by atoms with Crippen molar-refractivity contribution in [3.05, 3.63) is 24.5 Å². The number of carbonyl (C=O) groups is 1. The van der Waals surface area contributed by atoms with Gasteiger partial charge < -0.3 is 15.5 Å². The maximum Gasteiger partial charge on any atom is 0.239 e. The number of likely N-dealkylation sites (N-methyl/N-ethyl adjacent to an activating group) is 1. The first-order valence-electron chi connectivity index (χ1n) is 8.77. The van der Waals surface area contributed by atoms with Crippen LogP contribution in [0.2, 0.25) is 0 Å². The number of hydrogen-bond donors (Lipinski definition) is 1. The van der Waals surface area contributed by atoms with Crippen molar-refractivity contribution < 1.29 is 4.79 Å². The van der Waals surface area contributed by atoms with E-state index in [1.807, 2.05) is 24.3 Å². The molecule has 0 radical (unpaired) electrons. The van der Waals surface area contributed by atoms with Crippen LogP contribution in [-0.4, -0.2) is 48.5 Å². The number of aromatic nitrogens is 1. The summed E-state index contributed by atoms with van der Waals surface area (Å²) in [5, 5.41) is 0. The zero-order valence-electron chi connectivity index (χ0n) is 14.9. The smallest absolute Gasteiger partial charge is 0.239 e. The monoisotopic (exact) mass is 354 g/mol. The van der Waals surface area contributed by atoms with Crippen molar-refractivity contribution in [3.63, 3.8) is 0 Å². The van der Waals surface area contributed by atoms with Crippen LogP contribution in [0.25, 0.3) is 0 Å². The fourth-order valence-electron chi connectivity index (χ4n) is 3.24. The van der Waals surface area contributed by atoms with E-state index in [1.54, 1.807) is 0 Å². The molecule has 1 amide bonds. The molecule has 2 heterocycles. The predicted octanol–water partition coefficient (Wildman–Crippen LogP) is 2.70. The highest BCUT2D eigenvalue weighted by Gasteiger charge is 2.22. The van der Waals surface area contributed by atoms with E-state index < -0.39 is 0 Å². The maximum atomic E-state index is 12.1. The summed E-state index contributed by atoms with van der Waals surface area (Å²) in [4.78, 5) is 20.4. The number of nitrogens with two attached hydrogens (primary N) is 1. The average molecular weight is 355 g/mol. The second-order valence-corrected chi connectivity index (χ2v) is 6.58. The molecule has 0 aliphatic carbocycles. The molecule has 5 nitrogen and oxygen atoms in total. The van der Waals surface area contributed by atoms with Gasteiger partial charge >= 0.3 is 0 Å². The molecule has 1 aliphatic heterocycles. The zero-order valence-corrected chi connectivity index (χ0v) is 15.7. The molecule has 6 heteroatoms. The second kappa shape index (κ2) is 10.5. The van der Waals surface area contributed by atoms with E-state index >= 15 is 0 Å².